The summed E-state index contributed by atoms with van der Waals surface area (Å²) in [6, 6.07) is 0. The summed E-state index contributed by atoms with van der Waals surface area (Å²) >= 11 is 0. The van der Waals surface area contributed by atoms with Crippen molar-refractivity contribution in [3.05, 3.63) is 24.3 Å². The molecule has 3 unspecified atom stereocenters. The maximum absolute atomic E-state index is 12.0. The van der Waals surface area contributed by atoms with Crippen LogP contribution in [0, 0.1) is 17.8 Å². The Balaban J connectivity index is 1.84. The quantitative estimate of drug-likeness (QED) is 0.776. The number of aromatic nitrogens is 2. The monoisotopic (exact) mass is 320 g/mol. The van der Waals surface area contributed by atoms with Crippen LogP contribution in [-0.4, -0.2) is 34.6 Å². The van der Waals surface area contributed by atoms with Crippen LogP contribution in [0.25, 0.3) is 0 Å². The minimum Gasteiger partial charge on any atom is -0.460 e. The predicted octanol–water partition coefficient (Wildman–Crippen LogP) is 2.64. The van der Waals surface area contributed by atoms with Crippen LogP contribution in [0.4, 0.5) is 0 Å². The second-order valence-corrected chi connectivity index (χ2v) is 6.52. The summed E-state index contributed by atoms with van der Waals surface area (Å²) in [6.07, 6.45) is 7.15. The number of hydrogen-bond acceptors (Lipinski definition) is 6. The fourth-order valence-corrected chi connectivity index (χ4v) is 3.06. The van der Waals surface area contributed by atoms with Gasteiger partial charge in [-0.1, -0.05) is 27.2 Å². The van der Waals surface area contributed by atoms with Crippen molar-refractivity contribution in [2.75, 3.05) is 6.61 Å². The Bertz CT molecular complexity index is 533. The van der Waals surface area contributed by atoms with Crippen LogP contribution in [0.3, 0.4) is 0 Å². The maximum atomic E-state index is 12.0. The summed E-state index contributed by atoms with van der Waals surface area (Å²) in [6.45, 7) is 6.07. The van der Waals surface area contributed by atoms with Gasteiger partial charge in [0.15, 0.2) is 12.3 Å². The Morgan fingerprint density at radius 1 is 1.30 bits per heavy atom. The molecule has 0 spiro atoms. The molecule has 1 aliphatic carbocycles. The third-order valence-corrected chi connectivity index (χ3v) is 4.34. The molecule has 0 aliphatic heterocycles. The topological polar surface area (TPSA) is 78.4 Å². The van der Waals surface area contributed by atoms with Gasteiger partial charge < -0.3 is 9.47 Å². The molecule has 0 saturated heterocycles. The zero-order valence-corrected chi connectivity index (χ0v) is 13.9. The van der Waals surface area contributed by atoms with E-state index in [-0.39, 0.29) is 11.8 Å². The molecule has 6 heteroatoms. The van der Waals surface area contributed by atoms with Crippen molar-refractivity contribution in [1.29, 1.82) is 0 Å². The Labute approximate surface area is 136 Å². The van der Waals surface area contributed by atoms with E-state index in [1.807, 2.05) is 0 Å². The molecule has 1 aliphatic rings. The molecule has 2 rings (SSSR count). The van der Waals surface area contributed by atoms with E-state index in [0.29, 0.717) is 17.8 Å². The highest BCUT2D eigenvalue weighted by atomic mass is 16.6. The van der Waals surface area contributed by atoms with Gasteiger partial charge in [-0.2, -0.15) is 0 Å². The van der Waals surface area contributed by atoms with Crippen LogP contribution in [0.15, 0.2) is 18.6 Å². The van der Waals surface area contributed by atoms with Crippen LogP contribution in [0.1, 0.15) is 50.5 Å². The molecule has 1 aromatic rings. The van der Waals surface area contributed by atoms with Crippen LogP contribution >= 0.6 is 0 Å². The second-order valence-electron chi connectivity index (χ2n) is 6.52. The smallest absolute Gasteiger partial charge is 0.359 e. The summed E-state index contributed by atoms with van der Waals surface area (Å²) in [4.78, 5) is 31.3. The second kappa shape index (κ2) is 8.04. The molecule has 1 fully saturated rings. The predicted molar refractivity (Wildman–Crippen MR) is 83.5 cm³/mol. The van der Waals surface area contributed by atoms with E-state index in [4.69, 9.17) is 9.47 Å². The summed E-state index contributed by atoms with van der Waals surface area (Å²) < 4.78 is 10.5. The number of ether oxygens (including phenoxy) is 2. The molecule has 0 radical (unpaired) electrons. The highest BCUT2D eigenvalue weighted by Gasteiger charge is 2.33. The van der Waals surface area contributed by atoms with Crippen LogP contribution < -0.4 is 0 Å². The molecule has 0 N–H and O–H groups in total. The third-order valence-electron chi connectivity index (χ3n) is 4.34. The van der Waals surface area contributed by atoms with Gasteiger partial charge in [-0.3, -0.25) is 4.98 Å². The van der Waals surface area contributed by atoms with Crippen molar-refractivity contribution in [2.24, 2.45) is 17.8 Å². The first-order chi connectivity index (χ1) is 11.0. The molecular weight excluding hydrogens is 296 g/mol. The van der Waals surface area contributed by atoms with Gasteiger partial charge in [-0.15, -0.1) is 0 Å². The zero-order valence-electron chi connectivity index (χ0n) is 13.9. The van der Waals surface area contributed by atoms with Gasteiger partial charge in [0, 0.05) is 12.4 Å². The highest BCUT2D eigenvalue weighted by Crippen LogP contribution is 2.35. The first-order valence-electron chi connectivity index (χ1n) is 8.10. The summed E-state index contributed by atoms with van der Waals surface area (Å²) in [5, 5.41) is 0. The number of rotatable bonds is 5. The minimum atomic E-state index is -0.674. The number of hydrogen-bond donors (Lipinski definition) is 0. The molecule has 6 nitrogen and oxygen atoms in total. The van der Waals surface area contributed by atoms with Gasteiger partial charge in [-0.25, -0.2) is 14.6 Å². The van der Waals surface area contributed by atoms with Crippen LogP contribution in [0.5, 0.6) is 0 Å². The lowest BCUT2D eigenvalue weighted by Gasteiger charge is -2.36. The average Bonchev–Trinajstić information content (AvgIpc) is 2.53. The van der Waals surface area contributed by atoms with Crippen molar-refractivity contribution < 1.29 is 19.1 Å². The summed E-state index contributed by atoms with van der Waals surface area (Å²) in [5.74, 6) is 0.192. The molecule has 126 valence electrons. The maximum Gasteiger partial charge on any atom is 0.359 e. The number of nitrogens with zero attached hydrogens (tertiary/aromatic N) is 2. The van der Waals surface area contributed by atoms with Crippen molar-refractivity contribution in [3.8, 4) is 0 Å². The fourth-order valence-electron chi connectivity index (χ4n) is 3.06. The van der Waals surface area contributed by atoms with Gasteiger partial charge in [0.25, 0.3) is 0 Å². The van der Waals surface area contributed by atoms with Gasteiger partial charge in [0.2, 0.25) is 0 Å². The molecule has 23 heavy (non-hydrogen) atoms. The molecule has 1 heterocycles. The molecule has 1 saturated carbocycles. The number of esters is 2. The van der Waals surface area contributed by atoms with Crippen molar-refractivity contribution in [1.82, 2.24) is 9.97 Å². The van der Waals surface area contributed by atoms with Gasteiger partial charge in [0.1, 0.15) is 6.10 Å². The highest BCUT2D eigenvalue weighted by molar-refractivity contribution is 5.88. The largest absolute Gasteiger partial charge is 0.460 e. The number of carbonyl (C=O) groups is 2. The van der Waals surface area contributed by atoms with E-state index in [1.165, 1.54) is 25.0 Å². The van der Waals surface area contributed by atoms with Gasteiger partial charge >= 0.3 is 11.9 Å². The Morgan fingerprint density at radius 2 is 2.09 bits per heavy atom. The lowest BCUT2D eigenvalue weighted by atomic mass is 9.75. The molecule has 0 bridgehead atoms. The Kier molecular flexibility index (Phi) is 6.07. The van der Waals surface area contributed by atoms with E-state index in [9.17, 15) is 9.59 Å². The van der Waals surface area contributed by atoms with Crippen molar-refractivity contribution >= 4 is 11.9 Å². The Hall–Kier alpha value is -1.98. The molecule has 1 aromatic heterocycles. The Morgan fingerprint density at radius 3 is 2.74 bits per heavy atom. The first-order valence-corrected chi connectivity index (χ1v) is 8.10. The van der Waals surface area contributed by atoms with Crippen molar-refractivity contribution in [2.45, 2.75) is 46.1 Å². The fraction of sp³-hybridized carbons (Fsp3) is 0.647. The normalized spacial score (nSPS) is 24.3. The zero-order chi connectivity index (χ0) is 16.8. The average molecular weight is 320 g/mol. The molecular formula is C17H24N2O4. The summed E-state index contributed by atoms with van der Waals surface area (Å²) in [7, 11) is 0. The number of carbonyl (C=O) groups excluding carboxylic acids is 2. The van der Waals surface area contributed by atoms with E-state index in [0.717, 1.165) is 12.8 Å². The molecule has 0 aromatic carbocycles. The van der Waals surface area contributed by atoms with Crippen molar-refractivity contribution in [3.63, 3.8) is 0 Å². The standard InChI is InChI=1S/C17H24N2O4/c1-11(2)13-5-4-12(3)8-15(13)23-16(20)10-22-17(21)14-9-18-6-7-19-14/h6-7,9,11-13,15H,4-5,8,10H2,1-3H3. The SMILES string of the molecule is CC1CCC(C(C)C)C(OC(=O)COC(=O)c2cnccn2)C1. The molecule has 3 atom stereocenters. The minimum absolute atomic E-state index is 0.0756. The van der Waals surface area contributed by atoms with E-state index < -0.39 is 18.5 Å². The first kappa shape index (κ1) is 17.4. The summed E-state index contributed by atoms with van der Waals surface area (Å²) in [5.41, 5.74) is 0.0756. The lowest BCUT2D eigenvalue weighted by molar-refractivity contribution is -0.159. The molecule has 0 amide bonds. The van der Waals surface area contributed by atoms with Crippen LogP contribution in [-0.2, 0) is 14.3 Å². The van der Waals surface area contributed by atoms with E-state index in [2.05, 4.69) is 30.7 Å². The van der Waals surface area contributed by atoms with Gasteiger partial charge in [-0.05, 0) is 30.6 Å². The van der Waals surface area contributed by atoms with Crippen LogP contribution in [0.2, 0.25) is 0 Å². The lowest BCUT2D eigenvalue weighted by Crippen LogP contribution is -2.36. The van der Waals surface area contributed by atoms with E-state index >= 15 is 0 Å². The third kappa shape index (κ3) is 5.01. The van der Waals surface area contributed by atoms with E-state index in [1.54, 1.807) is 0 Å². The van der Waals surface area contributed by atoms with Gasteiger partial charge in [0.05, 0.1) is 6.20 Å².